The van der Waals surface area contributed by atoms with E-state index < -0.39 is 0 Å². The summed E-state index contributed by atoms with van der Waals surface area (Å²) in [6, 6.07) is 10.1. The summed E-state index contributed by atoms with van der Waals surface area (Å²) in [5.74, 6) is 0.543. The van der Waals surface area contributed by atoms with Gasteiger partial charge in [0, 0.05) is 30.6 Å². The zero-order valence-electron chi connectivity index (χ0n) is 21.2. The molecule has 0 aliphatic carbocycles. The van der Waals surface area contributed by atoms with Crippen LogP contribution in [0.1, 0.15) is 63.9 Å². The van der Waals surface area contributed by atoms with Crippen LogP contribution >= 0.6 is 0 Å². The van der Waals surface area contributed by atoms with Crippen LogP contribution in [0.4, 0.5) is 0 Å². The lowest BCUT2D eigenvalue weighted by Gasteiger charge is -2.22. The Hall–Kier alpha value is -4.05. The molecule has 5 heterocycles. The molecule has 37 heavy (non-hydrogen) atoms. The van der Waals surface area contributed by atoms with E-state index in [9.17, 15) is 4.79 Å². The maximum absolute atomic E-state index is 13.6. The topological polar surface area (TPSA) is 97.1 Å². The Bertz CT molecular complexity index is 1590. The van der Waals surface area contributed by atoms with Gasteiger partial charge in [0.25, 0.3) is 5.56 Å². The van der Waals surface area contributed by atoms with Crippen LogP contribution in [-0.2, 0) is 4.74 Å². The number of hydrogen-bond acceptors (Lipinski definition) is 6. The number of aromatic nitrogens is 8. The highest BCUT2D eigenvalue weighted by molar-refractivity contribution is 5.63. The number of ether oxygens (including phenoxy) is 1. The normalized spacial score (nSPS) is 17.0. The first-order valence-electron chi connectivity index (χ1n) is 12.8. The Morgan fingerprint density at radius 2 is 1.78 bits per heavy atom. The maximum atomic E-state index is 13.6. The minimum absolute atomic E-state index is 0.0366. The van der Waals surface area contributed by atoms with Crippen molar-refractivity contribution in [3.8, 4) is 22.6 Å². The largest absolute Gasteiger partial charge is 0.357 e. The Morgan fingerprint density at radius 1 is 0.973 bits per heavy atom. The van der Waals surface area contributed by atoms with E-state index in [0.717, 1.165) is 42.6 Å². The molecule has 0 bridgehead atoms. The quantitative estimate of drug-likeness (QED) is 0.342. The van der Waals surface area contributed by atoms with Crippen LogP contribution in [0, 0.1) is 0 Å². The van der Waals surface area contributed by atoms with Gasteiger partial charge in [0.15, 0.2) is 5.82 Å². The third-order valence-corrected chi connectivity index (χ3v) is 6.97. The second-order valence-corrected chi connectivity index (χ2v) is 9.80. The number of rotatable bonds is 6. The molecule has 0 amide bonds. The summed E-state index contributed by atoms with van der Waals surface area (Å²) < 4.78 is 12.9. The Kier molecular flexibility index (Phi) is 5.96. The molecular weight excluding hydrogens is 468 g/mol. The van der Waals surface area contributed by atoms with Crippen molar-refractivity contribution in [3.05, 3.63) is 77.2 Å². The zero-order chi connectivity index (χ0) is 25.5. The van der Waals surface area contributed by atoms with Gasteiger partial charge in [-0.15, -0.1) is 5.10 Å². The Morgan fingerprint density at radius 3 is 2.54 bits per heavy atom. The Labute approximate surface area is 214 Å². The first kappa shape index (κ1) is 23.4. The fraction of sp³-hybridized carbons (Fsp3) is 0.370. The SMILES string of the molecule is CC(c1ccccc1)n1cc(-c2nn3c(-c4cnn(C5CCCCO5)c4)cnc3c(=O)n2C(C)C)cn1. The molecule has 0 N–H and O–H groups in total. The second-order valence-electron chi connectivity index (χ2n) is 9.80. The number of imidazole rings is 1. The third kappa shape index (κ3) is 4.17. The van der Waals surface area contributed by atoms with Gasteiger partial charge >= 0.3 is 0 Å². The van der Waals surface area contributed by atoms with E-state index in [1.54, 1.807) is 27.7 Å². The van der Waals surface area contributed by atoms with Crippen molar-refractivity contribution < 1.29 is 4.74 Å². The van der Waals surface area contributed by atoms with Gasteiger partial charge in [0.2, 0.25) is 5.65 Å². The van der Waals surface area contributed by atoms with E-state index in [2.05, 4.69) is 34.2 Å². The van der Waals surface area contributed by atoms with Gasteiger partial charge in [-0.3, -0.25) is 14.0 Å². The zero-order valence-corrected chi connectivity index (χ0v) is 21.2. The van der Waals surface area contributed by atoms with Gasteiger partial charge in [0.05, 0.1) is 35.9 Å². The standard InChI is InChI=1S/C27H30N8O2/c1-18(2)34-25(22-14-29-32(17-22)19(3)20-9-5-4-6-10-20)31-35-23(15-28-26(35)27(34)36)21-13-30-33(16-21)24-11-7-8-12-37-24/h4-6,9-10,13-19,24H,7-8,11-12H2,1-3H3. The molecule has 0 saturated carbocycles. The van der Waals surface area contributed by atoms with Gasteiger partial charge in [-0.25, -0.2) is 14.2 Å². The molecule has 0 spiro atoms. The molecule has 1 saturated heterocycles. The van der Waals surface area contributed by atoms with Gasteiger partial charge in [-0.05, 0) is 45.6 Å². The van der Waals surface area contributed by atoms with Crippen LogP contribution < -0.4 is 5.56 Å². The average Bonchev–Trinajstić information content (AvgIpc) is 3.68. The van der Waals surface area contributed by atoms with Gasteiger partial charge < -0.3 is 4.74 Å². The van der Waals surface area contributed by atoms with Crippen LogP contribution in [-0.4, -0.2) is 45.3 Å². The highest BCUT2D eigenvalue weighted by atomic mass is 16.5. The highest BCUT2D eigenvalue weighted by Gasteiger charge is 2.22. The minimum Gasteiger partial charge on any atom is -0.357 e. The van der Waals surface area contributed by atoms with E-state index in [1.807, 2.05) is 53.8 Å². The van der Waals surface area contributed by atoms with Gasteiger partial charge in [0.1, 0.15) is 6.23 Å². The van der Waals surface area contributed by atoms with Crippen molar-refractivity contribution in [2.45, 2.75) is 58.3 Å². The summed E-state index contributed by atoms with van der Waals surface area (Å²) in [4.78, 5) is 18.0. The van der Waals surface area contributed by atoms with E-state index in [0.29, 0.717) is 11.5 Å². The molecule has 10 heteroatoms. The summed E-state index contributed by atoms with van der Waals surface area (Å²) in [5.41, 5.74) is 3.53. The van der Waals surface area contributed by atoms with Crippen LogP contribution in [0.15, 0.2) is 66.1 Å². The molecule has 2 atom stereocenters. The molecule has 0 radical (unpaired) electrons. The lowest BCUT2D eigenvalue weighted by Crippen LogP contribution is -2.27. The number of hydrogen-bond donors (Lipinski definition) is 0. The molecule has 1 fully saturated rings. The molecule has 2 unspecified atom stereocenters. The van der Waals surface area contributed by atoms with E-state index in [1.165, 1.54) is 0 Å². The molecule has 6 rings (SSSR count). The highest BCUT2D eigenvalue weighted by Crippen LogP contribution is 2.27. The number of benzene rings is 1. The van der Waals surface area contributed by atoms with Crippen molar-refractivity contribution in [1.29, 1.82) is 0 Å². The van der Waals surface area contributed by atoms with Crippen LogP contribution in [0.25, 0.3) is 28.3 Å². The molecular formula is C27H30N8O2. The summed E-state index contributed by atoms with van der Waals surface area (Å²) in [5, 5.41) is 14.1. The van der Waals surface area contributed by atoms with Crippen molar-refractivity contribution >= 4 is 5.65 Å². The first-order valence-corrected chi connectivity index (χ1v) is 12.8. The fourth-order valence-electron chi connectivity index (χ4n) is 4.92. The van der Waals surface area contributed by atoms with Crippen molar-refractivity contribution in [1.82, 2.24) is 38.7 Å². The van der Waals surface area contributed by atoms with E-state index in [-0.39, 0.29) is 29.5 Å². The van der Waals surface area contributed by atoms with Crippen molar-refractivity contribution in [3.63, 3.8) is 0 Å². The molecule has 1 aliphatic heterocycles. The average molecular weight is 499 g/mol. The lowest BCUT2D eigenvalue weighted by atomic mass is 10.1. The fourth-order valence-corrected chi connectivity index (χ4v) is 4.92. The second kappa shape index (κ2) is 9.44. The minimum atomic E-state index is -0.196. The number of fused-ring (bicyclic) bond motifs is 1. The molecule has 4 aromatic heterocycles. The van der Waals surface area contributed by atoms with Crippen molar-refractivity contribution in [2.24, 2.45) is 0 Å². The number of nitrogens with zero attached hydrogens (tertiary/aromatic N) is 8. The maximum Gasteiger partial charge on any atom is 0.297 e. The molecule has 10 nitrogen and oxygen atoms in total. The summed E-state index contributed by atoms with van der Waals surface area (Å²) in [6.07, 6.45) is 12.2. The van der Waals surface area contributed by atoms with Crippen molar-refractivity contribution in [2.75, 3.05) is 6.61 Å². The predicted molar refractivity (Wildman–Crippen MR) is 139 cm³/mol. The smallest absolute Gasteiger partial charge is 0.297 e. The van der Waals surface area contributed by atoms with E-state index >= 15 is 0 Å². The monoisotopic (exact) mass is 498 g/mol. The van der Waals surface area contributed by atoms with Crippen LogP contribution in [0.2, 0.25) is 0 Å². The predicted octanol–water partition coefficient (Wildman–Crippen LogP) is 4.51. The summed E-state index contributed by atoms with van der Waals surface area (Å²) >= 11 is 0. The molecule has 1 aromatic carbocycles. The third-order valence-electron chi connectivity index (χ3n) is 6.97. The van der Waals surface area contributed by atoms with Gasteiger partial charge in [-0.1, -0.05) is 30.3 Å². The first-order chi connectivity index (χ1) is 18.0. The van der Waals surface area contributed by atoms with Crippen LogP contribution in [0.3, 0.4) is 0 Å². The molecule has 190 valence electrons. The summed E-state index contributed by atoms with van der Waals surface area (Å²) in [6.45, 7) is 6.78. The van der Waals surface area contributed by atoms with Gasteiger partial charge in [-0.2, -0.15) is 10.2 Å². The molecule has 1 aliphatic rings. The van der Waals surface area contributed by atoms with Crippen LogP contribution in [0.5, 0.6) is 0 Å². The Balaban J connectivity index is 1.43. The lowest BCUT2D eigenvalue weighted by molar-refractivity contribution is -0.0394. The summed E-state index contributed by atoms with van der Waals surface area (Å²) in [7, 11) is 0. The molecule has 5 aromatic rings. The van der Waals surface area contributed by atoms with E-state index in [4.69, 9.17) is 9.84 Å².